The van der Waals surface area contributed by atoms with Gasteiger partial charge in [-0.1, -0.05) is 24.3 Å². The molecule has 0 unspecified atom stereocenters. The molecule has 0 bridgehead atoms. The van der Waals surface area contributed by atoms with Crippen molar-refractivity contribution in [3.8, 4) is 0 Å². The van der Waals surface area contributed by atoms with E-state index in [-0.39, 0.29) is 36.7 Å². The third-order valence-corrected chi connectivity index (χ3v) is 7.27. The minimum absolute atomic E-state index is 0. The SMILES string of the molecule is CS(=O)(=O)Nc1cccc2c1CCN(C(=N)N)C2.CS(=O)(=O)Nc1cccc2c1CCNC2.Cl.Cl.N=C(N)n1cccn1. The first-order valence-electron chi connectivity index (χ1n) is 12.5. The fourth-order valence-corrected chi connectivity index (χ4v) is 5.53. The quantitative estimate of drug-likeness (QED) is 0.157. The number of nitrogens with two attached hydrogens (primary N) is 2. The van der Waals surface area contributed by atoms with Crippen LogP contribution in [0.3, 0.4) is 0 Å². The van der Waals surface area contributed by atoms with Crippen LogP contribution in [0, 0.1) is 10.8 Å². The number of sulfonamides is 2. The second kappa shape index (κ2) is 16.3. The van der Waals surface area contributed by atoms with Crippen molar-refractivity contribution in [3.05, 3.63) is 77.1 Å². The number of fused-ring (bicyclic) bond motifs is 2. The fourth-order valence-electron chi connectivity index (χ4n) is 4.35. The molecule has 0 saturated carbocycles. The topological polar surface area (TPSA) is 225 Å². The normalized spacial score (nSPS) is 13.5. The molecule has 0 amide bonds. The van der Waals surface area contributed by atoms with Crippen molar-refractivity contribution >= 4 is 68.2 Å². The van der Waals surface area contributed by atoms with Gasteiger partial charge in [-0.05, 0) is 59.8 Å². The van der Waals surface area contributed by atoms with Crippen LogP contribution in [0.25, 0.3) is 0 Å². The molecule has 0 atom stereocenters. The minimum Gasteiger partial charge on any atom is -0.370 e. The standard InChI is InChI=1S/C11H16N4O2S.C10H14N2O2S.C4H6N4.2ClH/c1-18(16,17)14-10-4-2-3-8-7-15(11(12)13)6-5-9(8)10;1-15(13,14)12-10-4-2-3-8-7-11-6-5-9(8)10;5-4(6)8-3-1-2-7-8;;/h2-4,14H,5-7H2,1H3,(H3,12,13);2-4,11-12H,5-7H2,1H3;1-3H,(H3,5,6);2*1H. The van der Waals surface area contributed by atoms with Gasteiger partial charge >= 0.3 is 0 Å². The van der Waals surface area contributed by atoms with Crippen molar-refractivity contribution in [1.29, 1.82) is 10.8 Å². The minimum atomic E-state index is -3.27. The number of hydrogen-bond acceptors (Lipinski definition) is 8. The zero-order valence-corrected chi connectivity index (χ0v) is 27.0. The van der Waals surface area contributed by atoms with Gasteiger partial charge in [0, 0.05) is 32.0 Å². The molecular weight excluding hydrogens is 639 g/mol. The number of nitrogen functional groups attached to an aromatic ring is 1. The van der Waals surface area contributed by atoms with Crippen LogP contribution in [0.15, 0.2) is 54.9 Å². The van der Waals surface area contributed by atoms with Gasteiger partial charge in [-0.15, -0.1) is 24.8 Å². The molecule has 2 aliphatic rings. The van der Waals surface area contributed by atoms with Crippen molar-refractivity contribution in [2.24, 2.45) is 11.5 Å². The first-order chi connectivity index (χ1) is 19.2. The average Bonchev–Trinajstić information content (AvgIpc) is 3.44. The van der Waals surface area contributed by atoms with E-state index in [9.17, 15) is 16.8 Å². The Morgan fingerprint density at radius 2 is 1.42 bits per heavy atom. The molecule has 43 heavy (non-hydrogen) atoms. The van der Waals surface area contributed by atoms with Crippen molar-refractivity contribution < 1.29 is 16.8 Å². The Bertz CT molecular complexity index is 1600. The summed E-state index contributed by atoms with van der Waals surface area (Å²) in [7, 11) is -6.45. The highest BCUT2D eigenvalue weighted by molar-refractivity contribution is 7.92. The summed E-state index contributed by atoms with van der Waals surface area (Å²) >= 11 is 0. The predicted octanol–water partition coefficient (Wildman–Crippen LogP) is 1.48. The maximum absolute atomic E-state index is 11.3. The van der Waals surface area contributed by atoms with Crippen LogP contribution in [0.2, 0.25) is 0 Å². The zero-order chi connectivity index (χ0) is 30.2. The molecule has 1 aromatic heterocycles. The summed E-state index contributed by atoms with van der Waals surface area (Å²) in [6, 6.07) is 12.9. The van der Waals surface area contributed by atoms with Crippen LogP contribution in [0.1, 0.15) is 22.3 Å². The van der Waals surface area contributed by atoms with Gasteiger partial charge in [0.05, 0.1) is 23.9 Å². The summed E-state index contributed by atoms with van der Waals surface area (Å²) in [4.78, 5) is 1.76. The number of anilines is 2. The number of benzene rings is 2. The van der Waals surface area contributed by atoms with Gasteiger partial charge in [-0.2, -0.15) is 5.10 Å². The second-order valence-electron chi connectivity index (χ2n) is 9.45. The fraction of sp³-hybridized carbons (Fsp3) is 0.320. The molecule has 3 aromatic rings. The van der Waals surface area contributed by atoms with Crippen molar-refractivity contribution in [2.45, 2.75) is 25.9 Å². The highest BCUT2D eigenvalue weighted by Gasteiger charge is 2.20. The molecule has 0 radical (unpaired) electrons. The molecule has 14 nitrogen and oxygen atoms in total. The van der Waals surface area contributed by atoms with E-state index in [2.05, 4.69) is 19.9 Å². The summed E-state index contributed by atoms with van der Waals surface area (Å²) in [6.07, 6.45) is 7.04. The Labute approximate surface area is 264 Å². The number of rotatable bonds is 4. The maximum atomic E-state index is 11.3. The lowest BCUT2D eigenvalue weighted by atomic mass is 9.98. The summed E-state index contributed by atoms with van der Waals surface area (Å²) in [6.45, 7) is 2.89. The smallest absolute Gasteiger partial charge is 0.229 e. The lowest BCUT2D eigenvalue weighted by molar-refractivity contribution is 0.387. The van der Waals surface area contributed by atoms with Gasteiger partial charge in [0.15, 0.2) is 5.96 Å². The van der Waals surface area contributed by atoms with Gasteiger partial charge in [-0.3, -0.25) is 20.3 Å². The van der Waals surface area contributed by atoms with Gasteiger partial charge in [0.25, 0.3) is 0 Å². The largest absolute Gasteiger partial charge is 0.370 e. The van der Waals surface area contributed by atoms with Crippen LogP contribution in [-0.4, -0.2) is 69.0 Å². The zero-order valence-electron chi connectivity index (χ0n) is 23.7. The number of nitrogens with zero attached hydrogens (tertiary/aromatic N) is 3. The van der Waals surface area contributed by atoms with Gasteiger partial charge in [0.2, 0.25) is 26.0 Å². The van der Waals surface area contributed by atoms with E-state index in [1.807, 2.05) is 24.3 Å². The van der Waals surface area contributed by atoms with E-state index < -0.39 is 20.0 Å². The van der Waals surface area contributed by atoms with Crippen molar-refractivity contribution in [1.82, 2.24) is 20.0 Å². The van der Waals surface area contributed by atoms with Gasteiger partial charge < -0.3 is 21.7 Å². The van der Waals surface area contributed by atoms with E-state index in [0.717, 1.165) is 48.1 Å². The van der Waals surface area contributed by atoms with E-state index in [1.54, 1.807) is 35.5 Å². The summed E-state index contributed by atoms with van der Waals surface area (Å²) in [5.74, 6) is -0.0166. The third-order valence-electron chi connectivity index (χ3n) is 6.09. The van der Waals surface area contributed by atoms with Crippen molar-refractivity contribution in [2.75, 3.05) is 35.0 Å². The Morgan fingerprint density at radius 1 is 0.860 bits per heavy atom. The van der Waals surface area contributed by atoms with Crippen molar-refractivity contribution in [3.63, 3.8) is 0 Å². The lowest BCUT2D eigenvalue weighted by Crippen LogP contribution is -2.40. The van der Waals surface area contributed by atoms with E-state index in [1.165, 1.54) is 16.5 Å². The Hall–Kier alpha value is -3.57. The molecule has 18 heteroatoms. The summed E-state index contributed by atoms with van der Waals surface area (Å²) in [5, 5.41) is 21.2. The molecular formula is C25H38Cl2N10O4S2. The number of guanidine groups is 1. The van der Waals surface area contributed by atoms with Crippen LogP contribution < -0.4 is 26.2 Å². The molecule has 3 heterocycles. The highest BCUT2D eigenvalue weighted by Crippen LogP contribution is 2.26. The Morgan fingerprint density at radius 3 is 1.88 bits per heavy atom. The van der Waals surface area contributed by atoms with E-state index >= 15 is 0 Å². The predicted molar refractivity (Wildman–Crippen MR) is 175 cm³/mol. The first kappa shape index (κ1) is 37.5. The molecule has 0 fully saturated rings. The molecule has 238 valence electrons. The molecule has 0 saturated heterocycles. The molecule has 9 N–H and O–H groups in total. The van der Waals surface area contributed by atoms with E-state index in [0.29, 0.717) is 25.2 Å². The molecule has 2 aromatic carbocycles. The Balaban J connectivity index is 0.000000335. The van der Waals surface area contributed by atoms with Gasteiger partial charge in [0.1, 0.15) is 0 Å². The van der Waals surface area contributed by atoms with Crippen LogP contribution in [-0.2, 0) is 46.0 Å². The van der Waals surface area contributed by atoms with Gasteiger partial charge in [-0.25, -0.2) is 21.5 Å². The molecule has 2 aliphatic heterocycles. The van der Waals surface area contributed by atoms with Crippen LogP contribution in [0.5, 0.6) is 0 Å². The average molecular weight is 678 g/mol. The number of hydrogen-bond donors (Lipinski definition) is 7. The number of nitrogens with one attached hydrogen (secondary N) is 5. The maximum Gasteiger partial charge on any atom is 0.229 e. The lowest BCUT2D eigenvalue weighted by Gasteiger charge is -2.30. The summed E-state index contributed by atoms with van der Waals surface area (Å²) < 4.78 is 51.2. The molecule has 5 rings (SSSR count). The first-order valence-corrected chi connectivity index (χ1v) is 16.3. The van der Waals surface area contributed by atoms with Crippen LogP contribution >= 0.6 is 24.8 Å². The van der Waals surface area contributed by atoms with E-state index in [4.69, 9.17) is 22.3 Å². The Kier molecular flexibility index (Phi) is 14.2. The third kappa shape index (κ3) is 11.9. The second-order valence-corrected chi connectivity index (χ2v) is 13.0. The number of halogens is 2. The monoisotopic (exact) mass is 676 g/mol. The number of aromatic nitrogens is 2. The summed E-state index contributed by atoms with van der Waals surface area (Å²) in [5.41, 5.74) is 16.1. The molecule has 0 spiro atoms. The highest BCUT2D eigenvalue weighted by atomic mass is 35.5. The molecule has 0 aliphatic carbocycles. The van der Waals surface area contributed by atoms with Crippen LogP contribution in [0.4, 0.5) is 11.4 Å².